The molecule has 5 aromatic rings. The van der Waals surface area contributed by atoms with Crippen LogP contribution < -0.4 is 0 Å². The normalized spacial score (nSPS) is 11.3. The van der Waals surface area contributed by atoms with Crippen LogP contribution >= 0.6 is 0 Å². The monoisotopic (exact) mass is 347 g/mol. The molecule has 1 nitrogen and oxygen atoms in total. The molecule has 130 valence electrons. The van der Waals surface area contributed by atoms with Gasteiger partial charge >= 0.3 is 0 Å². The minimum absolute atomic E-state index is 1.26. The lowest BCUT2D eigenvalue weighted by atomic mass is 9.98. The molecule has 0 bridgehead atoms. The van der Waals surface area contributed by atoms with E-state index in [9.17, 15) is 0 Å². The van der Waals surface area contributed by atoms with Crippen LogP contribution in [-0.4, -0.2) is 4.57 Å². The van der Waals surface area contributed by atoms with E-state index in [2.05, 4.69) is 110 Å². The van der Waals surface area contributed by atoms with Crippen molar-refractivity contribution >= 4 is 21.8 Å². The maximum Gasteiger partial charge on any atom is 0.0518 e. The highest BCUT2D eigenvalue weighted by molar-refractivity contribution is 6.11. The zero-order valence-corrected chi connectivity index (χ0v) is 15.6. The van der Waals surface area contributed by atoms with Gasteiger partial charge in [-0.1, -0.05) is 66.7 Å². The molecule has 0 fully saturated rings. The fraction of sp³-hybridized carbons (Fsp3) is 0.0769. The molecule has 1 aromatic heterocycles. The van der Waals surface area contributed by atoms with Crippen LogP contribution in [0.4, 0.5) is 0 Å². The maximum atomic E-state index is 2.34. The van der Waals surface area contributed by atoms with E-state index in [1.54, 1.807) is 0 Å². The minimum Gasteiger partial charge on any atom is -0.343 e. The van der Waals surface area contributed by atoms with E-state index in [4.69, 9.17) is 0 Å². The molecule has 4 aromatic carbocycles. The first-order valence-electron chi connectivity index (χ1n) is 9.36. The van der Waals surface area contributed by atoms with Gasteiger partial charge in [0.05, 0.1) is 5.52 Å². The standard InChI is InChI=1S/C26H21N/c1-18-15-22(20-11-7-4-8-12-20)17-24-23-16-21(19-9-5-3-6-10-19)13-14-25(23)27(2)26(18)24/h3-17H,1-2H3. The van der Waals surface area contributed by atoms with Gasteiger partial charge in [0.2, 0.25) is 0 Å². The average Bonchev–Trinajstić information content (AvgIpc) is 3.01. The van der Waals surface area contributed by atoms with Gasteiger partial charge < -0.3 is 4.57 Å². The van der Waals surface area contributed by atoms with Gasteiger partial charge in [0.1, 0.15) is 0 Å². The highest BCUT2D eigenvalue weighted by Gasteiger charge is 2.13. The molecule has 0 aliphatic carbocycles. The molecule has 0 radical (unpaired) electrons. The van der Waals surface area contributed by atoms with Crippen molar-refractivity contribution in [2.75, 3.05) is 0 Å². The predicted molar refractivity (Wildman–Crippen MR) is 116 cm³/mol. The summed E-state index contributed by atoms with van der Waals surface area (Å²) >= 11 is 0. The molecule has 27 heavy (non-hydrogen) atoms. The van der Waals surface area contributed by atoms with E-state index >= 15 is 0 Å². The molecule has 0 atom stereocenters. The van der Waals surface area contributed by atoms with Crippen molar-refractivity contribution < 1.29 is 0 Å². The lowest BCUT2D eigenvalue weighted by Gasteiger charge is -2.07. The van der Waals surface area contributed by atoms with Crippen LogP contribution in [0.15, 0.2) is 91.0 Å². The van der Waals surface area contributed by atoms with E-state index in [1.807, 2.05) is 0 Å². The fourth-order valence-electron chi connectivity index (χ4n) is 4.20. The van der Waals surface area contributed by atoms with Crippen molar-refractivity contribution in [3.05, 3.63) is 96.6 Å². The van der Waals surface area contributed by atoms with Crippen molar-refractivity contribution in [1.29, 1.82) is 0 Å². The summed E-state index contributed by atoms with van der Waals surface area (Å²) in [6.45, 7) is 2.21. The number of benzene rings is 4. The largest absolute Gasteiger partial charge is 0.343 e. The molecule has 0 unspecified atom stereocenters. The van der Waals surface area contributed by atoms with Gasteiger partial charge in [0.15, 0.2) is 0 Å². The zero-order chi connectivity index (χ0) is 18.4. The number of aromatic nitrogens is 1. The molecule has 5 rings (SSSR count). The molecular formula is C26H21N. The number of aryl methyl sites for hydroxylation is 2. The number of fused-ring (bicyclic) bond motifs is 3. The van der Waals surface area contributed by atoms with Crippen LogP contribution in [0.5, 0.6) is 0 Å². The van der Waals surface area contributed by atoms with E-state index in [0.717, 1.165) is 0 Å². The molecule has 0 saturated heterocycles. The Labute approximate surface area is 159 Å². The lowest BCUT2D eigenvalue weighted by molar-refractivity contribution is 1.01. The van der Waals surface area contributed by atoms with Gasteiger partial charge in [-0.2, -0.15) is 0 Å². The first-order chi connectivity index (χ1) is 13.2. The van der Waals surface area contributed by atoms with Crippen LogP contribution in [0.2, 0.25) is 0 Å². The second kappa shape index (κ2) is 6.14. The van der Waals surface area contributed by atoms with E-state index in [0.29, 0.717) is 0 Å². The molecule has 0 N–H and O–H groups in total. The van der Waals surface area contributed by atoms with E-state index < -0.39 is 0 Å². The predicted octanol–water partition coefficient (Wildman–Crippen LogP) is 6.97. The van der Waals surface area contributed by atoms with Crippen LogP contribution in [0.25, 0.3) is 44.1 Å². The molecule has 0 saturated carbocycles. The van der Waals surface area contributed by atoms with E-state index in [-0.39, 0.29) is 0 Å². The van der Waals surface area contributed by atoms with Crippen LogP contribution in [0.3, 0.4) is 0 Å². The Hall–Kier alpha value is -3.32. The molecular weight excluding hydrogens is 326 g/mol. The third-order valence-electron chi connectivity index (χ3n) is 5.50. The van der Waals surface area contributed by atoms with Gasteiger partial charge in [-0.05, 0) is 59.0 Å². The van der Waals surface area contributed by atoms with Crippen LogP contribution in [0, 0.1) is 6.92 Å². The summed E-state index contributed by atoms with van der Waals surface area (Å²) in [5, 5.41) is 2.64. The highest BCUT2D eigenvalue weighted by atomic mass is 14.9. The summed E-state index contributed by atoms with van der Waals surface area (Å²) in [5.74, 6) is 0. The Balaban J connectivity index is 1.82. The Morgan fingerprint density at radius 2 is 1.15 bits per heavy atom. The van der Waals surface area contributed by atoms with Crippen molar-refractivity contribution in [2.24, 2.45) is 7.05 Å². The Bertz CT molecular complexity index is 1260. The topological polar surface area (TPSA) is 4.93 Å². The third-order valence-corrected chi connectivity index (χ3v) is 5.50. The van der Waals surface area contributed by atoms with Gasteiger partial charge in [-0.25, -0.2) is 0 Å². The summed E-state index contributed by atoms with van der Waals surface area (Å²) < 4.78 is 2.32. The Morgan fingerprint density at radius 3 is 1.81 bits per heavy atom. The van der Waals surface area contributed by atoms with Crippen LogP contribution in [0.1, 0.15) is 5.56 Å². The maximum absolute atomic E-state index is 2.34. The lowest BCUT2D eigenvalue weighted by Crippen LogP contribution is -1.90. The highest BCUT2D eigenvalue weighted by Crippen LogP contribution is 2.36. The number of hydrogen-bond acceptors (Lipinski definition) is 0. The summed E-state index contributed by atoms with van der Waals surface area (Å²) in [7, 11) is 2.17. The Kier molecular flexibility index (Phi) is 3.61. The summed E-state index contributed by atoms with van der Waals surface area (Å²) in [6, 6.07) is 32.7. The zero-order valence-electron chi connectivity index (χ0n) is 15.6. The number of nitrogens with zero attached hydrogens (tertiary/aromatic N) is 1. The summed E-state index contributed by atoms with van der Waals surface area (Å²) in [4.78, 5) is 0. The SMILES string of the molecule is Cc1cc(-c2ccccc2)cc2c3cc(-c4ccccc4)ccc3n(C)c12. The molecule has 0 aliphatic rings. The second-order valence-corrected chi connectivity index (χ2v) is 7.21. The van der Waals surface area contributed by atoms with Gasteiger partial charge in [0.25, 0.3) is 0 Å². The second-order valence-electron chi connectivity index (χ2n) is 7.21. The molecule has 0 aliphatic heterocycles. The molecule has 0 amide bonds. The van der Waals surface area contributed by atoms with Gasteiger partial charge in [0, 0.05) is 23.3 Å². The Morgan fingerprint density at radius 1 is 0.556 bits per heavy atom. The van der Waals surface area contributed by atoms with E-state index in [1.165, 1.54) is 49.6 Å². The van der Waals surface area contributed by atoms with Crippen molar-refractivity contribution in [2.45, 2.75) is 6.92 Å². The fourth-order valence-corrected chi connectivity index (χ4v) is 4.20. The van der Waals surface area contributed by atoms with Crippen LogP contribution in [-0.2, 0) is 7.05 Å². The number of rotatable bonds is 2. The summed E-state index contributed by atoms with van der Waals surface area (Å²) in [6.07, 6.45) is 0. The van der Waals surface area contributed by atoms with Crippen molar-refractivity contribution in [1.82, 2.24) is 4.57 Å². The molecule has 1 heteroatoms. The first-order valence-corrected chi connectivity index (χ1v) is 9.36. The average molecular weight is 347 g/mol. The molecule has 1 heterocycles. The smallest absolute Gasteiger partial charge is 0.0518 e. The molecule has 0 spiro atoms. The first kappa shape index (κ1) is 15.9. The summed E-state index contributed by atoms with van der Waals surface area (Å²) in [5.41, 5.74) is 8.96. The van der Waals surface area contributed by atoms with Crippen molar-refractivity contribution in [3.8, 4) is 22.3 Å². The van der Waals surface area contributed by atoms with Gasteiger partial charge in [-0.15, -0.1) is 0 Å². The number of hydrogen-bond donors (Lipinski definition) is 0. The third kappa shape index (κ3) is 2.55. The van der Waals surface area contributed by atoms with Crippen molar-refractivity contribution in [3.63, 3.8) is 0 Å². The minimum atomic E-state index is 1.26. The quantitative estimate of drug-likeness (QED) is 0.325. The van der Waals surface area contributed by atoms with Gasteiger partial charge in [-0.3, -0.25) is 0 Å².